The molecule has 0 aromatic heterocycles. The lowest BCUT2D eigenvalue weighted by molar-refractivity contribution is -0.0500. The lowest BCUT2D eigenvalue weighted by Gasteiger charge is -2.54. The first-order valence-electron chi connectivity index (χ1n) is 9.51. The minimum absolute atomic E-state index is 0.382. The third kappa shape index (κ3) is 3.24. The van der Waals surface area contributed by atoms with E-state index in [1.807, 2.05) is 0 Å². The van der Waals surface area contributed by atoms with Crippen molar-refractivity contribution in [2.45, 2.75) is 83.5 Å². The van der Waals surface area contributed by atoms with Crippen LogP contribution < -0.4 is 0 Å². The molecule has 0 radical (unpaired) electrons. The zero-order chi connectivity index (χ0) is 13.8. The zero-order valence-corrected chi connectivity index (χ0v) is 13.2. The summed E-state index contributed by atoms with van der Waals surface area (Å²) >= 11 is 0. The molecule has 20 heavy (non-hydrogen) atoms. The number of rotatable bonds is 8. The van der Waals surface area contributed by atoms with E-state index < -0.39 is 0 Å². The Morgan fingerprint density at radius 1 is 0.650 bits per heavy atom. The minimum Gasteiger partial charge on any atom is -0.396 e. The molecule has 0 amide bonds. The second-order valence-electron chi connectivity index (χ2n) is 7.90. The van der Waals surface area contributed by atoms with E-state index in [1.54, 1.807) is 38.5 Å². The number of fused-ring (bicyclic) bond motifs is 4. The molecule has 1 N–H and O–H groups in total. The van der Waals surface area contributed by atoms with Crippen molar-refractivity contribution in [3.8, 4) is 0 Å². The summed E-state index contributed by atoms with van der Waals surface area (Å²) in [5, 5.41) is 8.76. The van der Waals surface area contributed by atoms with E-state index in [0.717, 1.165) is 24.2 Å². The van der Waals surface area contributed by atoms with Gasteiger partial charge in [-0.2, -0.15) is 0 Å². The van der Waals surface area contributed by atoms with Gasteiger partial charge in [0.05, 0.1) is 0 Å². The first-order chi connectivity index (χ1) is 9.90. The van der Waals surface area contributed by atoms with Crippen molar-refractivity contribution in [3.05, 3.63) is 0 Å². The van der Waals surface area contributed by atoms with Gasteiger partial charge in [-0.15, -0.1) is 0 Å². The summed E-state index contributed by atoms with van der Waals surface area (Å²) in [7, 11) is 0. The van der Waals surface area contributed by atoms with Crippen LogP contribution >= 0.6 is 0 Å². The number of hydrogen-bond donors (Lipinski definition) is 1. The third-order valence-electron chi connectivity index (χ3n) is 6.81. The molecule has 3 aliphatic carbocycles. The maximum absolute atomic E-state index is 8.76. The summed E-state index contributed by atoms with van der Waals surface area (Å²) in [5.41, 5.74) is 0. The molecule has 3 fully saturated rings. The van der Waals surface area contributed by atoms with E-state index in [1.165, 1.54) is 50.4 Å². The van der Waals surface area contributed by atoms with E-state index in [9.17, 15) is 0 Å². The second-order valence-corrected chi connectivity index (χ2v) is 7.90. The van der Waals surface area contributed by atoms with Crippen molar-refractivity contribution in [1.82, 2.24) is 0 Å². The van der Waals surface area contributed by atoms with Gasteiger partial charge in [-0.05, 0) is 61.7 Å². The molecule has 0 aliphatic heterocycles. The lowest BCUT2D eigenvalue weighted by Crippen LogP contribution is -2.47. The molecule has 0 heterocycles. The van der Waals surface area contributed by atoms with Crippen molar-refractivity contribution in [3.63, 3.8) is 0 Å². The quantitative estimate of drug-likeness (QED) is 0.607. The van der Waals surface area contributed by atoms with E-state index in [0.29, 0.717) is 6.61 Å². The van der Waals surface area contributed by atoms with Crippen LogP contribution in [0.4, 0.5) is 0 Å². The van der Waals surface area contributed by atoms with Crippen LogP contribution in [0.25, 0.3) is 0 Å². The van der Waals surface area contributed by atoms with Gasteiger partial charge in [0.15, 0.2) is 0 Å². The molecule has 5 atom stereocenters. The van der Waals surface area contributed by atoms with Crippen LogP contribution in [0, 0.1) is 29.6 Å². The highest BCUT2D eigenvalue weighted by molar-refractivity contribution is 5.02. The molecule has 0 spiro atoms. The minimum atomic E-state index is 0.382. The molecule has 1 heteroatoms. The van der Waals surface area contributed by atoms with Crippen molar-refractivity contribution < 1.29 is 5.11 Å². The van der Waals surface area contributed by atoms with Gasteiger partial charge in [0.2, 0.25) is 0 Å². The first kappa shape index (κ1) is 14.9. The molecule has 0 unspecified atom stereocenters. The molecule has 0 aromatic rings. The van der Waals surface area contributed by atoms with Crippen LogP contribution in [0.3, 0.4) is 0 Å². The maximum Gasteiger partial charge on any atom is 0.0431 e. The fourth-order valence-corrected chi connectivity index (χ4v) is 5.79. The first-order valence-corrected chi connectivity index (χ1v) is 9.51. The number of aliphatic hydroxyl groups excluding tert-OH is 1. The molecular formula is C19H34O. The van der Waals surface area contributed by atoms with Crippen molar-refractivity contribution in [2.24, 2.45) is 29.6 Å². The van der Waals surface area contributed by atoms with Crippen LogP contribution in [0.1, 0.15) is 83.5 Å². The summed E-state index contributed by atoms with van der Waals surface area (Å²) < 4.78 is 0. The predicted octanol–water partition coefficient (Wildman–Crippen LogP) is 5.17. The van der Waals surface area contributed by atoms with Gasteiger partial charge in [0.25, 0.3) is 0 Å². The molecule has 3 saturated carbocycles. The highest BCUT2D eigenvalue weighted by Gasteiger charge is 2.53. The summed E-state index contributed by atoms with van der Waals surface area (Å²) in [6.45, 7) is 0.382. The molecular weight excluding hydrogens is 244 g/mol. The van der Waals surface area contributed by atoms with Gasteiger partial charge in [0.1, 0.15) is 0 Å². The summed E-state index contributed by atoms with van der Waals surface area (Å²) in [4.78, 5) is 0. The van der Waals surface area contributed by atoms with Gasteiger partial charge < -0.3 is 5.11 Å². The topological polar surface area (TPSA) is 20.2 Å². The van der Waals surface area contributed by atoms with Crippen molar-refractivity contribution in [1.29, 1.82) is 0 Å². The van der Waals surface area contributed by atoms with Gasteiger partial charge >= 0.3 is 0 Å². The van der Waals surface area contributed by atoms with Crippen LogP contribution in [-0.4, -0.2) is 11.7 Å². The van der Waals surface area contributed by atoms with Crippen LogP contribution in [0.2, 0.25) is 0 Å². The van der Waals surface area contributed by atoms with Gasteiger partial charge in [-0.3, -0.25) is 0 Å². The van der Waals surface area contributed by atoms with E-state index in [-0.39, 0.29) is 0 Å². The smallest absolute Gasteiger partial charge is 0.0431 e. The highest BCUT2D eigenvalue weighted by Crippen LogP contribution is 2.61. The number of aliphatic hydroxyl groups is 1. The van der Waals surface area contributed by atoms with Gasteiger partial charge in [-0.25, -0.2) is 0 Å². The van der Waals surface area contributed by atoms with Crippen molar-refractivity contribution in [2.75, 3.05) is 6.61 Å². The molecule has 0 saturated heterocycles. The Hall–Kier alpha value is -0.0400. The fraction of sp³-hybridized carbons (Fsp3) is 1.00. The third-order valence-corrected chi connectivity index (χ3v) is 6.81. The number of hydrogen-bond acceptors (Lipinski definition) is 1. The van der Waals surface area contributed by atoms with Gasteiger partial charge in [-0.1, -0.05) is 51.4 Å². The fourth-order valence-electron chi connectivity index (χ4n) is 5.79. The number of unbranched alkanes of at least 4 members (excludes halogenated alkanes) is 5. The Bertz CT molecular complexity index is 287. The SMILES string of the molecule is OCCCCCCCC[C@@H]1CC[C@@H]2[C@H]3CCC[C@H]3[C@@H]2C1. The predicted molar refractivity (Wildman–Crippen MR) is 84.6 cm³/mol. The molecule has 116 valence electrons. The Labute approximate surface area is 125 Å². The van der Waals surface area contributed by atoms with Crippen LogP contribution in [0.5, 0.6) is 0 Å². The molecule has 0 aromatic carbocycles. The Balaban J connectivity index is 1.26. The van der Waals surface area contributed by atoms with Crippen molar-refractivity contribution >= 4 is 0 Å². The summed E-state index contributed by atoms with van der Waals surface area (Å²) in [6.07, 6.45) is 18.8. The zero-order valence-electron chi connectivity index (χ0n) is 13.2. The Morgan fingerprint density at radius 2 is 1.30 bits per heavy atom. The maximum atomic E-state index is 8.76. The monoisotopic (exact) mass is 278 g/mol. The van der Waals surface area contributed by atoms with E-state index in [4.69, 9.17) is 5.11 Å². The lowest BCUT2D eigenvalue weighted by atomic mass is 9.51. The average molecular weight is 278 g/mol. The van der Waals surface area contributed by atoms with E-state index in [2.05, 4.69) is 0 Å². The van der Waals surface area contributed by atoms with Gasteiger partial charge in [0, 0.05) is 6.61 Å². The van der Waals surface area contributed by atoms with Crippen LogP contribution in [-0.2, 0) is 0 Å². The Morgan fingerprint density at radius 3 is 2.10 bits per heavy atom. The highest BCUT2D eigenvalue weighted by atomic mass is 16.2. The largest absolute Gasteiger partial charge is 0.396 e. The average Bonchev–Trinajstić information content (AvgIpc) is 2.88. The molecule has 3 aliphatic rings. The summed E-state index contributed by atoms with van der Waals surface area (Å²) in [6, 6.07) is 0. The summed E-state index contributed by atoms with van der Waals surface area (Å²) in [5.74, 6) is 5.74. The van der Waals surface area contributed by atoms with E-state index >= 15 is 0 Å². The standard InChI is InChI=1S/C19H34O/c20-13-6-4-2-1-3-5-8-15-11-12-18-16-9-7-10-17(16)19(18)14-15/h15-20H,1-14H2/t15-,16+,17-,18-,19+/m1/s1. The second kappa shape index (κ2) is 7.29. The van der Waals surface area contributed by atoms with Crippen LogP contribution in [0.15, 0.2) is 0 Å². The Kier molecular flexibility index (Phi) is 5.42. The molecule has 3 rings (SSSR count). The normalized spacial score (nSPS) is 39.1. The molecule has 1 nitrogen and oxygen atoms in total. The molecule has 0 bridgehead atoms.